The van der Waals surface area contributed by atoms with E-state index in [1.165, 1.54) is 13.8 Å². The lowest BCUT2D eigenvalue weighted by atomic mass is 9.87. The molecule has 126 valence electrons. The number of Topliss-reactive ketones (excluding diaryl/α,β-unsaturated/α-hetero) is 1. The van der Waals surface area contributed by atoms with Crippen LogP contribution in [0.4, 0.5) is 0 Å². The summed E-state index contributed by atoms with van der Waals surface area (Å²) in [6, 6.07) is 0. The molecule has 0 saturated heterocycles. The molecule has 0 rings (SSSR count). The summed E-state index contributed by atoms with van der Waals surface area (Å²) in [6.45, 7) is 2.04. The number of aliphatic hydroxyl groups excluding tert-OH is 2. The van der Waals surface area contributed by atoms with Crippen molar-refractivity contribution < 1.29 is 34.1 Å². The molecule has 0 spiro atoms. The van der Waals surface area contributed by atoms with Gasteiger partial charge in [-0.05, 0) is 0 Å². The third-order valence-corrected chi connectivity index (χ3v) is 2.92. The predicted molar refractivity (Wildman–Crippen MR) is 74.5 cm³/mol. The first-order chi connectivity index (χ1) is 10.2. The zero-order valence-corrected chi connectivity index (χ0v) is 12.8. The van der Waals surface area contributed by atoms with E-state index in [2.05, 4.69) is 15.4 Å². The molecular formula is C13H22N2O7. The molecule has 0 aromatic carbocycles. The Morgan fingerprint density at radius 1 is 1.18 bits per heavy atom. The SMILES string of the molecule is COC(=O)CNC(=O)C(=O)CCNC(=O)[C@H](O)C(C)(C)CO. The number of ketones is 1. The summed E-state index contributed by atoms with van der Waals surface area (Å²) >= 11 is 0. The lowest BCUT2D eigenvalue weighted by molar-refractivity contribution is -0.143. The van der Waals surface area contributed by atoms with Gasteiger partial charge in [-0.3, -0.25) is 19.2 Å². The van der Waals surface area contributed by atoms with E-state index in [-0.39, 0.29) is 13.0 Å². The van der Waals surface area contributed by atoms with Crippen LogP contribution in [0.15, 0.2) is 0 Å². The first-order valence-electron chi connectivity index (χ1n) is 6.60. The summed E-state index contributed by atoms with van der Waals surface area (Å²) in [5, 5.41) is 23.1. The smallest absolute Gasteiger partial charge is 0.325 e. The highest BCUT2D eigenvalue weighted by Gasteiger charge is 2.32. The van der Waals surface area contributed by atoms with Crippen LogP contribution in [-0.2, 0) is 23.9 Å². The van der Waals surface area contributed by atoms with Gasteiger partial charge in [0.05, 0.1) is 13.7 Å². The molecule has 9 heteroatoms. The summed E-state index contributed by atoms with van der Waals surface area (Å²) in [5.74, 6) is -3.22. The van der Waals surface area contributed by atoms with Crippen molar-refractivity contribution in [1.29, 1.82) is 0 Å². The Morgan fingerprint density at radius 2 is 1.77 bits per heavy atom. The summed E-state index contributed by atoms with van der Waals surface area (Å²) < 4.78 is 4.29. The van der Waals surface area contributed by atoms with Crippen molar-refractivity contribution >= 4 is 23.6 Å². The van der Waals surface area contributed by atoms with Crippen LogP contribution in [0.5, 0.6) is 0 Å². The van der Waals surface area contributed by atoms with Gasteiger partial charge in [0.1, 0.15) is 12.6 Å². The number of carbonyl (C=O) groups excluding carboxylic acids is 4. The van der Waals surface area contributed by atoms with Crippen molar-refractivity contribution in [1.82, 2.24) is 10.6 Å². The molecule has 0 radical (unpaired) electrons. The Labute approximate surface area is 128 Å². The van der Waals surface area contributed by atoms with Crippen LogP contribution >= 0.6 is 0 Å². The molecule has 0 bridgehead atoms. The quantitative estimate of drug-likeness (QED) is 0.277. The molecule has 9 nitrogen and oxygen atoms in total. The molecule has 0 heterocycles. The number of carbonyl (C=O) groups is 4. The minimum Gasteiger partial charge on any atom is -0.468 e. The van der Waals surface area contributed by atoms with E-state index >= 15 is 0 Å². The third-order valence-electron chi connectivity index (χ3n) is 2.92. The Kier molecular flexibility index (Phi) is 8.28. The highest BCUT2D eigenvalue weighted by atomic mass is 16.5. The second kappa shape index (κ2) is 9.11. The normalized spacial score (nSPS) is 12.2. The van der Waals surface area contributed by atoms with Crippen LogP contribution < -0.4 is 10.6 Å². The van der Waals surface area contributed by atoms with Crippen molar-refractivity contribution in [2.24, 2.45) is 5.41 Å². The number of methoxy groups -OCH3 is 1. The van der Waals surface area contributed by atoms with Crippen LogP contribution in [0.2, 0.25) is 0 Å². The fourth-order valence-corrected chi connectivity index (χ4v) is 1.27. The average molecular weight is 318 g/mol. The Balaban J connectivity index is 4.14. The maximum Gasteiger partial charge on any atom is 0.325 e. The zero-order chi connectivity index (χ0) is 17.3. The number of hydrogen-bond acceptors (Lipinski definition) is 7. The number of nitrogens with one attached hydrogen (secondary N) is 2. The maximum atomic E-state index is 11.6. The highest BCUT2D eigenvalue weighted by Crippen LogP contribution is 2.19. The average Bonchev–Trinajstić information content (AvgIpc) is 2.50. The number of esters is 1. The summed E-state index contributed by atoms with van der Waals surface area (Å²) in [7, 11) is 1.14. The molecule has 0 aromatic heterocycles. The van der Waals surface area contributed by atoms with Gasteiger partial charge in [0.15, 0.2) is 0 Å². The molecule has 4 N–H and O–H groups in total. The standard InChI is InChI=1S/C13H22N2O7/c1-13(2,7-16)10(19)12(21)14-5-4-8(17)11(20)15-6-9(18)22-3/h10,16,19H,4-7H2,1-3H3,(H,14,21)(H,15,20)/t10-/m0/s1. The Morgan fingerprint density at radius 3 is 2.27 bits per heavy atom. The van der Waals surface area contributed by atoms with Gasteiger partial charge in [-0.15, -0.1) is 0 Å². The maximum absolute atomic E-state index is 11.6. The van der Waals surface area contributed by atoms with E-state index in [0.29, 0.717) is 0 Å². The minimum atomic E-state index is -1.44. The second-order valence-electron chi connectivity index (χ2n) is 5.27. The Hall–Kier alpha value is -2.00. The van der Waals surface area contributed by atoms with E-state index < -0.39 is 48.2 Å². The first-order valence-corrected chi connectivity index (χ1v) is 6.60. The number of rotatable bonds is 9. The van der Waals surface area contributed by atoms with E-state index in [4.69, 9.17) is 5.11 Å². The highest BCUT2D eigenvalue weighted by molar-refractivity contribution is 6.36. The van der Waals surface area contributed by atoms with Gasteiger partial charge in [0.2, 0.25) is 11.7 Å². The lowest BCUT2D eigenvalue weighted by Gasteiger charge is -2.27. The topological polar surface area (TPSA) is 142 Å². The van der Waals surface area contributed by atoms with Crippen molar-refractivity contribution in [3.05, 3.63) is 0 Å². The van der Waals surface area contributed by atoms with Gasteiger partial charge in [-0.2, -0.15) is 0 Å². The molecule has 0 unspecified atom stereocenters. The van der Waals surface area contributed by atoms with Gasteiger partial charge in [0, 0.05) is 18.4 Å². The van der Waals surface area contributed by atoms with Crippen LogP contribution in [0.1, 0.15) is 20.3 Å². The molecular weight excluding hydrogens is 296 g/mol. The molecule has 0 aliphatic carbocycles. The van der Waals surface area contributed by atoms with Crippen LogP contribution in [0, 0.1) is 5.41 Å². The van der Waals surface area contributed by atoms with Crippen molar-refractivity contribution in [2.45, 2.75) is 26.4 Å². The van der Waals surface area contributed by atoms with Crippen molar-refractivity contribution in [3.8, 4) is 0 Å². The monoisotopic (exact) mass is 318 g/mol. The largest absolute Gasteiger partial charge is 0.468 e. The fraction of sp³-hybridized carbons (Fsp3) is 0.692. The molecule has 22 heavy (non-hydrogen) atoms. The molecule has 0 aromatic rings. The predicted octanol–water partition coefficient (Wildman–Crippen LogP) is -2.27. The van der Waals surface area contributed by atoms with E-state index in [1.54, 1.807) is 0 Å². The molecule has 2 amide bonds. The van der Waals surface area contributed by atoms with E-state index in [1.807, 2.05) is 0 Å². The summed E-state index contributed by atoms with van der Waals surface area (Å²) in [6.07, 6.45) is -1.73. The number of hydrogen-bond donors (Lipinski definition) is 4. The van der Waals surface area contributed by atoms with Gasteiger partial charge >= 0.3 is 5.97 Å². The minimum absolute atomic E-state index is 0.151. The van der Waals surface area contributed by atoms with Crippen LogP contribution in [-0.4, -0.2) is 66.7 Å². The van der Waals surface area contributed by atoms with E-state index in [0.717, 1.165) is 7.11 Å². The van der Waals surface area contributed by atoms with Gasteiger partial charge < -0.3 is 25.6 Å². The number of amides is 2. The van der Waals surface area contributed by atoms with Gasteiger partial charge in [-0.25, -0.2) is 0 Å². The van der Waals surface area contributed by atoms with Gasteiger partial charge in [0.25, 0.3) is 5.91 Å². The molecule has 0 fully saturated rings. The van der Waals surface area contributed by atoms with E-state index in [9.17, 15) is 24.3 Å². The number of aliphatic hydroxyl groups is 2. The zero-order valence-electron chi connectivity index (χ0n) is 12.8. The molecule has 0 saturated carbocycles. The lowest BCUT2D eigenvalue weighted by Crippen LogP contribution is -2.46. The molecule has 0 aliphatic heterocycles. The first kappa shape index (κ1) is 20.0. The van der Waals surface area contributed by atoms with Gasteiger partial charge in [-0.1, -0.05) is 13.8 Å². The van der Waals surface area contributed by atoms with Crippen LogP contribution in [0.3, 0.4) is 0 Å². The molecule has 1 atom stereocenters. The van der Waals surface area contributed by atoms with Crippen LogP contribution in [0.25, 0.3) is 0 Å². The third kappa shape index (κ3) is 6.64. The molecule has 0 aliphatic rings. The Bertz CT molecular complexity index is 434. The summed E-state index contributed by atoms with van der Waals surface area (Å²) in [5.41, 5.74) is -1.02. The van der Waals surface area contributed by atoms with Crippen molar-refractivity contribution in [3.63, 3.8) is 0 Å². The second-order valence-corrected chi connectivity index (χ2v) is 5.27. The number of ether oxygens (including phenoxy) is 1. The fourth-order valence-electron chi connectivity index (χ4n) is 1.27. The van der Waals surface area contributed by atoms with Crippen molar-refractivity contribution in [2.75, 3.05) is 26.8 Å². The summed E-state index contributed by atoms with van der Waals surface area (Å²) in [4.78, 5) is 45.1.